The van der Waals surface area contributed by atoms with E-state index >= 15 is 0 Å². The van der Waals surface area contributed by atoms with Crippen LogP contribution in [0.4, 0.5) is 5.69 Å². The van der Waals surface area contributed by atoms with E-state index in [0.717, 1.165) is 51.4 Å². The summed E-state index contributed by atoms with van der Waals surface area (Å²) in [6.07, 6.45) is 7.02. The van der Waals surface area contributed by atoms with Gasteiger partial charge >= 0.3 is 0 Å². The van der Waals surface area contributed by atoms with Gasteiger partial charge in [0.05, 0.1) is 12.8 Å². The van der Waals surface area contributed by atoms with Gasteiger partial charge in [0.15, 0.2) is 24.0 Å². The van der Waals surface area contributed by atoms with Crippen molar-refractivity contribution in [2.24, 2.45) is 0 Å². The number of carbonyl (C=O) groups excluding carboxylic acids is 1. The summed E-state index contributed by atoms with van der Waals surface area (Å²) in [5.74, 6) is -1.01. The standard InChI is InChI=1S/C25H33NO7/c1-28-17-11-5-4-10-16(17)26-22(27)20-18-19(31-24(30-18)12-6-2-7-13-24)21-23(29-20)33-25(32-21)14-8-3-9-15-25/h4-5,10-11,18-21,23H,2-3,6-9,12-15H2,1H3,(H,26,27)/t18-,19+,20-,21-,23-/m1/s1. The Bertz CT molecular complexity index is 879. The van der Waals surface area contributed by atoms with Gasteiger partial charge in [-0.1, -0.05) is 25.0 Å². The Kier molecular flexibility index (Phi) is 5.62. The minimum absolute atomic E-state index is 0.294. The van der Waals surface area contributed by atoms with E-state index in [1.165, 1.54) is 12.8 Å². The lowest BCUT2D eigenvalue weighted by Gasteiger charge is -2.36. The van der Waals surface area contributed by atoms with Gasteiger partial charge in [-0.3, -0.25) is 4.79 Å². The third kappa shape index (κ3) is 3.86. The molecule has 1 aromatic carbocycles. The van der Waals surface area contributed by atoms with Crippen LogP contribution < -0.4 is 10.1 Å². The Morgan fingerprint density at radius 1 is 0.848 bits per heavy atom. The second kappa shape index (κ2) is 8.50. The number of ether oxygens (including phenoxy) is 6. The van der Waals surface area contributed by atoms with Crippen molar-refractivity contribution in [1.29, 1.82) is 0 Å². The van der Waals surface area contributed by atoms with Crippen molar-refractivity contribution in [2.75, 3.05) is 12.4 Å². The SMILES string of the molecule is COc1ccccc1NC(=O)[C@@H]1O[C@@H]2OC3(CCCCC3)O[C@@H]2[C@H]2OC3(CCCCC3)O[C@H]21. The maximum Gasteiger partial charge on any atom is 0.256 e. The van der Waals surface area contributed by atoms with E-state index in [2.05, 4.69) is 5.32 Å². The van der Waals surface area contributed by atoms with Gasteiger partial charge in [-0.05, 0) is 37.8 Å². The molecule has 8 heteroatoms. The summed E-state index contributed by atoms with van der Waals surface area (Å²) in [4.78, 5) is 13.5. The first kappa shape index (κ1) is 21.8. The third-order valence-corrected chi connectivity index (χ3v) is 7.73. The fourth-order valence-corrected chi connectivity index (χ4v) is 6.12. The molecule has 33 heavy (non-hydrogen) atoms. The minimum Gasteiger partial charge on any atom is -0.495 e. The molecular formula is C25H33NO7. The highest BCUT2D eigenvalue weighted by Crippen LogP contribution is 2.51. The summed E-state index contributed by atoms with van der Waals surface area (Å²) in [5, 5.41) is 2.97. The summed E-state index contributed by atoms with van der Waals surface area (Å²) >= 11 is 0. The Hall–Kier alpha value is -1.71. The molecule has 1 amide bonds. The molecule has 8 nitrogen and oxygen atoms in total. The number of amides is 1. The van der Waals surface area contributed by atoms with E-state index < -0.39 is 42.3 Å². The lowest BCUT2D eigenvalue weighted by molar-refractivity contribution is -0.246. The van der Waals surface area contributed by atoms with Gasteiger partial charge in [-0.25, -0.2) is 0 Å². The zero-order chi connectivity index (χ0) is 22.5. The first-order valence-corrected chi connectivity index (χ1v) is 12.4. The largest absolute Gasteiger partial charge is 0.495 e. The molecule has 5 aliphatic rings. The van der Waals surface area contributed by atoms with Crippen LogP contribution in [0.1, 0.15) is 64.2 Å². The molecule has 3 saturated heterocycles. The van der Waals surface area contributed by atoms with Crippen molar-refractivity contribution in [3.63, 3.8) is 0 Å². The van der Waals surface area contributed by atoms with Gasteiger partial charge in [0.2, 0.25) is 0 Å². The van der Waals surface area contributed by atoms with Crippen molar-refractivity contribution in [3.8, 4) is 5.75 Å². The molecule has 0 bridgehead atoms. The zero-order valence-corrected chi connectivity index (χ0v) is 19.1. The molecule has 2 spiro atoms. The predicted molar refractivity (Wildman–Crippen MR) is 118 cm³/mol. The normalized spacial score (nSPS) is 36.3. The van der Waals surface area contributed by atoms with Gasteiger partial charge in [-0.2, -0.15) is 0 Å². The number of fused-ring (bicyclic) bond motifs is 3. The predicted octanol–water partition coefficient (Wildman–Crippen LogP) is 3.88. The van der Waals surface area contributed by atoms with Crippen molar-refractivity contribution in [2.45, 2.75) is 106 Å². The second-order valence-electron chi connectivity index (χ2n) is 9.92. The summed E-state index contributed by atoms with van der Waals surface area (Å²) in [5.41, 5.74) is 0.589. The molecule has 2 aliphatic carbocycles. The Labute approximate surface area is 194 Å². The number of hydrogen-bond donors (Lipinski definition) is 1. The molecule has 0 unspecified atom stereocenters. The molecule has 0 radical (unpaired) electrons. The second-order valence-corrected chi connectivity index (χ2v) is 9.92. The average Bonchev–Trinajstić information content (AvgIpc) is 3.37. The maximum atomic E-state index is 13.5. The zero-order valence-electron chi connectivity index (χ0n) is 19.1. The summed E-state index contributed by atoms with van der Waals surface area (Å²) in [7, 11) is 1.58. The van der Waals surface area contributed by atoms with Gasteiger partial charge in [0.1, 0.15) is 24.1 Å². The van der Waals surface area contributed by atoms with Crippen LogP contribution >= 0.6 is 0 Å². The van der Waals surface area contributed by atoms with Crippen LogP contribution in [0.2, 0.25) is 0 Å². The van der Waals surface area contributed by atoms with Crippen LogP contribution in [0.5, 0.6) is 5.75 Å². The molecule has 3 aliphatic heterocycles. The number of anilines is 1. The van der Waals surface area contributed by atoms with Crippen molar-refractivity contribution < 1.29 is 33.2 Å². The maximum absolute atomic E-state index is 13.5. The topological polar surface area (TPSA) is 84.5 Å². The summed E-state index contributed by atoms with van der Waals surface area (Å²) < 4.78 is 37.7. The number of hydrogen-bond acceptors (Lipinski definition) is 7. The van der Waals surface area contributed by atoms with Crippen LogP contribution in [0.15, 0.2) is 24.3 Å². The van der Waals surface area contributed by atoms with E-state index in [1.807, 2.05) is 18.2 Å². The van der Waals surface area contributed by atoms with Crippen LogP contribution in [-0.4, -0.2) is 55.3 Å². The summed E-state index contributed by atoms with van der Waals surface area (Å²) in [6, 6.07) is 7.33. The first-order valence-electron chi connectivity index (χ1n) is 12.4. The molecule has 1 N–H and O–H groups in total. The highest BCUT2D eigenvalue weighted by molar-refractivity contribution is 5.96. The van der Waals surface area contributed by atoms with E-state index in [-0.39, 0.29) is 5.91 Å². The lowest BCUT2D eigenvalue weighted by atomic mass is 9.94. The van der Waals surface area contributed by atoms with E-state index in [4.69, 9.17) is 28.4 Å². The van der Waals surface area contributed by atoms with E-state index in [0.29, 0.717) is 11.4 Å². The molecule has 180 valence electrons. The molecule has 5 atom stereocenters. The molecule has 2 saturated carbocycles. The highest BCUT2D eigenvalue weighted by Gasteiger charge is 2.65. The smallest absolute Gasteiger partial charge is 0.256 e. The third-order valence-electron chi connectivity index (χ3n) is 7.73. The number of carbonyl (C=O) groups is 1. The van der Waals surface area contributed by atoms with Crippen molar-refractivity contribution >= 4 is 11.6 Å². The molecule has 5 fully saturated rings. The van der Waals surface area contributed by atoms with Gasteiger partial charge in [-0.15, -0.1) is 0 Å². The van der Waals surface area contributed by atoms with Crippen LogP contribution in [0, 0.1) is 0 Å². The highest BCUT2D eigenvalue weighted by atomic mass is 16.9. The fraction of sp³-hybridized carbons (Fsp3) is 0.720. The van der Waals surface area contributed by atoms with Gasteiger partial charge < -0.3 is 33.7 Å². The van der Waals surface area contributed by atoms with Crippen LogP contribution in [0.25, 0.3) is 0 Å². The Morgan fingerprint density at radius 2 is 1.45 bits per heavy atom. The first-order chi connectivity index (χ1) is 16.1. The monoisotopic (exact) mass is 459 g/mol. The average molecular weight is 460 g/mol. The molecular weight excluding hydrogens is 426 g/mol. The summed E-state index contributed by atoms with van der Waals surface area (Å²) in [6.45, 7) is 0. The van der Waals surface area contributed by atoms with Crippen LogP contribution in [-0.2, 0) is 28.5 Å². The molecule has 0 aromatic heterocycles. The molecule has 3 heterocycles. The van der Waals surface area contributed by atoms with E-state index in [1.54, 1.807) is 13.2 Å². The number of nitrogens with one attached hydrogen (secondary N) is 1. The minimum atomic E-state index is -0.871. The van der Waals surface area contributed by atoms with Crippen molar-refractivity contribution in [1.82, 2.24) is 0 Å². The number of methoxy groups -OCH3 is 1. The number of benzene rings is 1. The number of rotatable bonds is 3. The van der Waals surface area contributed by atoms with Gasteiger partial charge in [0, 0.05) is 25.7 Å². The Morgan fingerprint density at radius 3 is 2.15 bits per heavy atom. The lowest BCUT2D eigenvalue weighted by Crippen LogP contribution is -2.58. The van der Waals surface area contributed by atoms with Crippen LogP contribution in [0.3, 0.4) is 0 Å². The van der Waals surface area contributed by atoms with Crippen molar-refractivity contribution in [3.05, 3.63) is 24.3 Å². The van der Waals surface area contributed by atoms with E-state index in [9.17, 15) is 4.79 Å². The number of para-hydroxylation sites is 2. The Balaban J connectivity index is 1.28. The fourth-order valence-electron chi connectivity index (χ4n) is 6.12. The molecule has 6 rings (SSSR count). The molecule has 1 aromatic rings. The van der Waals surface area contributed by atoms with Gasteiger partial charge in [0.25, 0.3) is 5.91 Å². The quantitative estimate of drug-likeness (QED) is 0.734.